The van der Waals surface area contributed by atoms with Crippen LogP contribution in [0.3, 0.4) is 0 Å². The maximum absolute atomic E-state index is 7.03. The van der Waals surface area contributed by atoms with E-state index in [1.54, 1.807) is 0 Å². The van der Waals surface area contributed by atoms with Crippen molar-refractivity contribution in [2.75, 3.05) is 0 Å². The molecule has 2 nitrogen and oxygen atoms in total. The summed E-state index contributed by atoms with van der Waals surface area (Å²) in [7, 11) is 65.2. The van der Waals surface area contributed by atoms with E-state index in [0.29, 0.717) is 27.7 Å². The zero-order valence-corrected chi connectivity index (χ0v) is 26.9. The monoisotopic (exact) mass is 610 g/mol. The van der Waals surface area contributed by atoms with E-state index in [1.165, 1.54) is 0 Å². The lowest BCUT2D eigenvalue weighted by Crippen LogP contribution is -2.52. The van der Waals surface area contributed by atoms with Crippen LogP contribution >= 0.6 is 0 Å². The summed E-state index contributed by atoms with van der Waals surface area (Å²) in [6.45, 7) is 0. The number of nitrogens with zero attached hydrogens (tertiary/aromatic N) is 2. The van der Waals surface area contributed by atoms with Crippen LogP contribution in [0.15, 0.2) is 97.1 Å². The van der Waals surface area contributed by atoms with Gasteiger partial charge in [-0.2, -0.15) is 0 Å². The van der Waals surface area contributed by atoms with Crippen LogP contribution in [0.1, 0.15) is 5.82 Å². The van der Waals surface area contributed by atoms with Crippen molar-refractivity contribution >= 4 is 160 Å². The Hall–Kier alpha value is -4.56. The van der Waals surface area contributed by atoms with Crippen LogP contribution in [0, 0.1) is 0 Å². The van der Waals surface area contributed by atoms with Gasteiger partial charge in [0.1, 0.15) is 54.9 Å². The number of para-hydroxylation sites is 3. The Morgan fingerprint density at radius 1 is 0.440 bits per heavy atom. The second kappa shape index (κ2) is 11.8. The first-order valence-corrected chi connectivity index (χ1v) is 15.8. The second-order valence-electron chi connectivity index (χ2n) is 12.6. The smallest absolute Gasteiger partial charge is 0.115 e. The molecule has 1 aromatic heterocycles. The predicted octanol–water partition coefficient (Wildman–Crippen LogP) is -0.00850. The Morgan fingerprint density at radius 2 is 0.900 bits per heavy atom. The van der Waals surface area contributed by atoms with Gasteiger partial charge < -0.3 is 0 Å². The largest absolute Gasteiger partial charge is 0.297 e. The number of rotatable bonds is 4. The van der Waals surface area contributed by atoms with E-state index in [9.17, 15) is 0 Å². The first-order valence-electron chi connectivity index (χ1n) is 15.8. The molecule has 0 aliphatic heterocycles. The van der Waals surface area contributed by atoms with E-state index < -0.39 is 5.11 Å². The van der Waals surface area contributed by atoms with Gasteiger partial charge in [0.15, 0.2) is 0 Å². The molecular formula is C38H16B10N2. The van der Waals surface area contributed by atoms with E-state index >= 15 is 0 Å². The lowest BCUT2D eigenvalue weighted by atomic mass is 9.42. The van der Waals surface area contributed by atoms with Crippen LogP contribution in [0.25, 0.3) is 71.3 Å². The molecule has 0 saturated carbocycles. The molecule has 1 heterocycles. The van der Waals surface area contributed by atoms with Crippen molar-refractivity contribution in [1.29, 1.82) is 0 Å². The Labute approximate surface area is 304 Å². The average molecular weight is 609 g/mol. The van der Waals surface area contributed by atoms with Crippen molar-refractivity contribution in [3.05, 3.63) is 103 Å². The highest BCUT2D eigenvalue weighted by molar-refractivity contribution is 6.72. The Kier molecular flexibility index (Phi) is 7.68. The minimum absolute atomic E-state index is 0.122. The third-order valence-corrected chi connectivity index (χ3v) is 9.57. The van der Waals surface area contributed by atoms with Crippen LogP contribution in [0.2, 0.25) is 0 Å². The molecule has 20 radical (unpaired) electrons. The Bertz CT molecular complexity index is 2670. The Morgan fingerprint density at radius 3 is 1.48 bits per heavy atom. The molecule has 0 N–H and O–H groups in total. The van der Waals surface area contributed by atoms with E-state index in [-0.39, 0.29) is 38.2 Å². The zero-order chi connectivity index (χ0) is 35.2. The number of fused-ring (bicyclic) bond motifs is 4. The molecule has 8 aromatic rings. The molecule has 0 saturated heterocycles. The molecule has 0 unspecified atom stereocenters. The van der Waals surface area contributed by atoms with Gasteiger partial charge in [-0.15, -0.1) is 10.9 Å². The maximum Gasteiger partial charge on any atom is 0.115 e. The predicted molar refractivity (Wildman–Crippen MR) is 221 cm³/mol. The van der Waals surface area contributed by atoms with Crippen LogP contribution in [0.4, 0.5) is 0 Å². The Balaban J connectivity index is 1.54. The first-order chi connectivity index (χ1) is 23.9. The van der Waals surface area contributed by atoms with E-state index in [4.69, 9.17) is 83.4 Å². The molecular weight excluding hydrogens is 593 g/mol. The van der Waals surface area contributed by atoms with E-state index in [1.807, 2.05) is 83.4 Å². The molecule has 0 bridgehead atoms. The SMILES string of the molecule is [B]c1c([B])c([B])c2c([B])c(-c3c4ccccc4c(-c4ccccc4-n4c(C([B])([B])[B])nc5ccccc54)c4ccccc34)c([B])c([B])c2c1[B]. The summed E-state index contributed by atoms with van der Waals surface area (Å²) in [6, 6.07) is 31.8. The summed E-state index contributed by atoms with van der Waals surface area (Å²) in [5, 5.41) is 2.60. The fraction of sp³-hybridized carbons (Fsp3) is 0.0263. The van der Waals surface area contributed by atoms with Crippen LogP contribution in [-0.4, -0.2) is 88.0 Å². The van der Waals surface area contributed by atoms with Crippen LogP contribution in [0.5, 0.6) is 0 Å². The van der Waals surface area contributed by atoms with E-state index in [2.05, 4.69) is 18.2 Å². The highest BCUT2D eigenvalue weighted by Gasteiger charge is 2.27. The molecule has 0 spiro atoms. The minimum Gasteiger partial charge on any atom is -0.297 e. The normalized spacial score (nSPS) is 12.0. The summed E-state index contributed by atoms with van der Waals surface area (Å²) < 4.78 is 1.92. The van der Waals surface area contributed by atoms with Crippen LogP contribution < -0.4 is 38.2 Å². The van der Waals surface area contributed by atoms with Gasteiger partial charge in [0.25, 0.3) is 0 Å². The van der Waals surface area contributed by atoms with Gasteiger partial charge >= 0.3 is 0 Å². The molecule has 0 amide bonds. The van der Waals surface area contributed by atoms with Gasteiger partial charge in [-0.25, -0.2) is 4.98 Å². The van der Waals surface area contributed by atoms with Gasteiger partial charge in [-0.05, 0) is 67.2 Å². The highest BCUT2D eigenvalue weighted by atomic mass is 15.1. The van der Waals surface area contributed by atoms with Crippen LogP contribution in [-0.2, 0) is 5.11 Å². The molecule has 8 rings (SSSR count). The summed E-state index contributed by atoms with van der Waals surface area (Å²) in [4.78, 5) is 4.76. The van der Waals surface area contributed by atoms with Crippen molar-refractivity contribution in [2.45, 2.75) is 5.11 Å². The average Bonchev–Trinajstić information content (AvgIpc) is 3.51. The summed E-state index contributed by atoms with van der Waals surface area (Å²) in [5.74, 6) is 0.306. The lowest BCUT2D eigenvalue weighted by molar-refractivity contribution is 0.931. The quantitative estimate of drug-likeness (QED) is 0.203. The van der Waals surface area contributed by atoms with Gasteiger partial charge in [0.05, 0.1) is 46.1 Å². The topological polar surface area (TPSA) is 17.8 Å². The van der Waals surface area contributed by atoms with Crippen molar-refractivity contribution in [3.8, 4) is 27.9 Å². The maximum atomic E-state index is 7.03. The standard InChI is InChI=1S/C38H16B10N2/c39-30-27(31(40)32(41)29-28(30)33(42)35(44)36(45)34(29)43)26-19-11-3-1-9-17(19)25(18-10-2-4-12-20(18)26)21-13-5-7-15-23(21)50-24-16-8-6-14-22(24)49-37(50)38(46,47)48/h1-16H. The van der Waals surface area contributed by atoms with Gasteiger partial charge in [0, 0.05) is 5.56 Å². The molecule has 0 atom stereocenters. The molecule has 12 heteroatoms. The second-order valence-corrected chi connectivity index (χ2v) is 12.6. The van der Waals surface area contributed by atoms with E-state index in [0.717, 1.165) is 49.4 Å². The molecule has 7 aromatic carbocycles. The number of hydrogen-bond donors (Lipinski definition) is 0. The summed E-state index contributed by atoms with van der Waals surface area (Å²) >= 11 is 0. The highest BCUT2D eigenvalue weighted by Crippen LogP contribution is 2.45. The molecule has 0 fully saturated rings. The molecule has 0 aliphatic rings. The fourth-order valence-electron chi connectivity index (χ4n) is 7.33. The third kappa shape index (κ3) is 4.67. The van der Waals surface area contributed by atoms with Gasteiger partial charge in [-0.3, -0.25) is 4.57 Å². The molecule has 0 aliphatic carbocycles. The lowest BCUT2D eigenvalue weighted by Gasteiger charge is -2.27. The first kappa shape index (κ1) is 32.6. The van der Waals surface area contributed by atoms with Gasteiger partial charge in [-0.1, -0.05) is 111 Å². The zero-order valence-electron chi connectivity index (χ0n) is 26.9. The fourth-order valence-corrected chi connectivity index (χ4v) is 7.33. The molecule has 50 heavy (non-hydrogen) atoms. The van der Waals surface area contributed by atoms with Crippen molar-refractivity contribution in [2.24, 2.45) is 0 Å². The third-order valence-electron chi connectivity index (χ3n) is 9.57. The summed E-state index contributed by atoms with van der Waals surface area (Å²) in [5.41, 5.74) is 6.73. The van der Waals surface area contributed by atoms with Crippen molar-refractivity contribution < 1.29 is 0 Å². The number of aromatic nitrogens is 2. The minimum atomic E-state index is -1.73. The van der Waals surface area contributed by atoms with Gasteiger partial charge in [0.2, 0.25) is 0 Å². The molecule has 208 valence electrons. The number of imidazole rings is 1. The van der Waals surface area contributed by atoms with Crippen molar-refractivity contribution in [3.63, 3.8) is 0 Å². The number of benzene rings is 7. The van der Waals surface area contributed by atoms with Crippen molar-refractivity contribution in [1.82, 2.24) is 9.55 Å². The summed E-state index contributed by atoms with van der Waals surface area (Å²) in [6.07, 6.45) is 0. The number of hydrogen-bond acceptors (Lipinski definition) is 1.